The van der Waals surface area contributed by atoms with Crippen molar-refractivity contribution in [1.82, 2.24) is 20.0 Å². The predicted octanol–water partition coefficient (Wildman–Crippen LogP) is 1.85. The number of aromatic amines is 1. The highest BCUT2D eigenvalue weighted by atomic mass is 16.2. The minimum Gasteiger partial charge on any atom is -0.356 e. The molecule has 7 nitrogen and oxygen atoms in total. The summed E-state index contributed by atoms with van der Waals surface area (Å²) in [6.07, 6.45) is 7.62. The van der Waals surface area contributed by atoms with E-state index in [0.717, 1.165) is 13.0 Å². The largest absolute Gasteiger partial charge is 0.356 e. The molecule has 1 aromatic carbocycles. The number of hydrogen-bond acceptors (Lipinski definition) is 4. The second-order valence-corrected chi connectivity index (χ2v) is 7.67. The maximum atomic E-state index is 12.4. The van der Waals surface area contributed by atoms with Gasteiger partial charge in [0.05, 0.1) is 17.3 Å². The molecule has 0 saturated heterocycles. The van der Waals surface area contributed by atoms with Gasteiger partial charge in [0, 0.05) is 19.0 Å². The van der Waals surface area contributed by atoms with E-state index in [1.165, 1.54) is 36.8 Å². The number of benzene rings is 1. The molecule has 1 saturated carbocycles. The summed E-state index contributed by atoms with van der Waals surface area (Å²) in [6, 6.07) is 7.38. The van der Waals surface area contributed by atoms with Gasteiger partial charge >= 0.3 is 0 Å². The number of carbonyl (C=O) groups is 1. The zero-order valence-electron chi connectivity index (χ0n) is 16.6. The Hall–Kier alpha value is -2.41. The molecule has 3 rings (SSSR count). The average Bonchev–Trinajstić information content (AvgIpc) is 2.73. The van der Waals surface area contributed by atoms with Crippen LogP contribution in [0.3, 0.4) is 0 Å². The van der Waals surface area contributed by atoms with Crippen LogP contribution in [-0.2, 0) is 11.3 Å². The highest BCUT2D eigenvalue weighted by Crippen LogP contribution is 2.21. The first-order chi connectivity index (χ1) is 13.6. The number of nitrogens with zero attached hydrogens (tertiary/aromatic N) is 2. The highest BCUT2D eigenvalue weighted by molar-refractivity contribution is 5.80. The normalized spacial score (nSPS) is 15.2. The molecular formula is C21H30N4O3. The lowest BCUT2D eigenvalue weighted by Gasteiger charge is -2.31. The molecule has 2 aromatic rings. The van der Waals surface area contributed by atoms with Crippen LogP contribution in [-0.4, -0.2) is 46.8 Å². The van der Waals surface area contributed by atoms with Crippen molar-refractivity contribution in [3.8, 4) is 0 Å². The summed E-state index contributed by atoms with van der Waals surface area (Å²) in [5.41, 5.74) is -0.599. The Morgan fingerprint density at radius 1 is 1.18 bits per heavy atom. The fraction of sp³-hybridized carbons (Fsp3) is 0.571. The number of hydrogen-bond donors (Lipinski definition) is 2. The van der Waals surface area contributed by atoms with Crippen molar-refractivity contribution in [2.45, 2.75) is 57.5 Å². The van der Waals surface area contributed by atoms with Crippen molar-refractivity contribution in [3.05, 3.63) is 45.0 Å². The van der Waals surface area contributed by atoms with Crippen molar-refractivity contribution in [3.63, 3.8) is 0 Å². The van der Waals surface area contributed by atoms with Crippen LogP contribution in [0.1, 0.15) is 44.9 Å². The molecule has 7 heteroatoms. The lowest BCUT2D eigenvalue weighted by atomic mass is 9.94. The molecule has 0 bridgehead atoms. The van der Waals surface area contributed by atoms with E-state index >= 15 is 0 Å². The van der Waals surface area contributed by atoms with E-state index in [0.29, 0.717) is 23.4 Å². The molecule has 1 aromatic heterocycles. The highest BCUT2D eigenvalue weighted by Gasteiger charge is 2.17. The molecule has 0 aliphatic heterocycles. The van der Waals surface area contributed by atoms with E-state index in [2.05, 4.69) is 22.4 Å². The van der Waals surface area contributed by atoms with E-state index in [-0.39, 0.29) is 30.0 Å². The van der Waals surface area contributed by atoms with E-state index in [1.807, 2.05) is 0 Å². The Kier molecular flexibility index (Phi) is 7.03. The van der Waals surface area contributed by atoms with Crippen molar-refractivity contribution in [2.24, 2.45) is 0 Å². The Morgan fingerprint density at radius 3 is 2.64 bits per heavy atom. The third kappa shape index (κ3) is 5.10. The third-order valence-electron chi connectivity index (χ3n) is 5.65. The van der Waals surface area contributed by atoms with Crippen LogP contribution >= 0.6 is 0 Å². The van der Waals surface area contributed by atoms with Gasteiger partial charge in [-0.2, -0.15) is 0 Å². The van der Waals surface area contributed by atoms with Gasteiger partial charge in [0.25, 0.3) is 11.1 Å². The smallest absolute Gasteiger partial charge is 0.273 e. The van der Waals surface area contributed by atoms with Gasteiger partial charge in [0.1, 0.15) is 0 Å². The van der Waals surface area contributed by atoms with Crippen molar-refractivity contribution >= 4 is 16.7 Å². The molecule has 1 amide bonds. The van der Waals surface area contributed by atoms with Crippen LogP contribution in [0.25, 0.3) is 10.8 Å². The second kappa shape index (κ2) is 9.68. The Morgan fingerprint density at radius 2 is 1.89 bits per heavy atom. The molecule has 0 spiro atoms. The van der Waals surface area contributed by atoms with Crippen LogP contribution in [0.5, 0.6) is 0 Å². The van der Waals surface area contributed by atoms with E-state index in [9.17, 15) is 14.4 Å². The van der Waals surface area contributed by atoms with Crippen molar-refractivity contribution in [2.75, 3.05) is 20.1 Å². The van der Waals surface area contributed by atoms with Gasteiger partial charge in [0.2, 0.25) is 5.91 Å². The summed E-state index contributed by atoms with van der Waals surface area (Å²) in [7, 11) is 2.17. The maximum absolute atomic E-state index is 12.4. The second-order valence-electron chi connectivity index (χ2n) is 7.67. The van der Waals surface area contributed by atoms with Crippen LogP contribution in [0.15, 0.2) is 33.9 Å². The summed E-state index contributed by atoms with van der Waals surface area (Å²) >= 11 is 0. The first-order valence-electron chi connectivity index (χ1n) is 10.2. The van der Waals surface area contributed by atoms with Crippen LogP contribution in [0, 0.1) is 0 Å². The first kappa shape index (κ1) is 20.3. The third-order valence-corrected chi connectivity index (χ3v) is 5.65. The number of amides is 1. The zero-order chi connectivity index (χ0) is 19.9. The zero-order valence-corrected chi connectivity index (χ0v) is 16.6. The van der Waals surface area contributed by atoms with Crippen molar-refractivity contribution in [1.29, 1.82) is 0 Å². The Bertz CT molecular complexity index is 912. The number of aromatic nitrogens is 2. The van der Waals surface area contributed by atoms with Gasteiger partial charge in [0.15, 0.2) is 0 Å². The molecule has 2 N–H and O–H groups in total. The maximum Gasteiger partial charge on any atom is 0.273 e. The lowest BCUT2D eigenvalue weighted by Crippen LogP contribution is -2.36. The number of carbonyl (C=O) groups excluding carboxylic acids is 1. The SMILES string of the molecule is CN(CCCNC(=O)CCn1[nH]c(=O)c2ccccc2c1=O)C1CCCCC1. The average molecular weight is 386 g/mol. The Labute approximate surface area is 164 Å². The van der Waals surface area contributed by atoms with Gasteiger partial charge < -0.3 is 10.2 Å². The molecule has 1 aliphatic rings. The van der Waals surface area contributed by atoms with E-state index in [4.69, 9.17) is 0 Å². The first-order valence-corrected chi connectivity index (χ1v) is 10.2. The minimum atomic E-state index is -0.318. The standard InChI is InChI=1S/C21H30N4O3/c1-24(16-8-3-2-4-9-16)14-7-13-22-19(26)12-15-25-21(28)18-11-6-5-10-17(18)20(27)23-25/h5-6,10-11,16H,2-4,7-9,12-15H2,1H3,(H,22,26)(H,23,27). The summed E-state index contributed by atoms with van der Waals surface area (Å²) in [5, 5.41) is 6.21. The fourth-order valence-electron chi connectivity index (χ4n) is 3.97. The quantitative estimate of drug-likeness (QED) is 0.678. The number of fused-ring (bicyclic) bond motifs is 1. The minimum absolute atomic E-state index is 0.110. The monoisotopic (exact) mass is 386 g/mol. The summed E-state index contributed by atoms with van der Waals surface area (Å²) in [5.74, 6) is -0.110. The molecular weight excluding hydrogens is 356 g/mol. The summed E-state index contributed by atoms with van der Waals surface area (Å²) in [4.78, 5) is 39.0. The summed E-state index contributed by atoms with van der Waals surface area (Å²) in [6.45, 7) is 1.76. The number of nitrogens with one attached hydrogen (secondary N) is 2. The van der Waals surface area contributed by atoms with E-state index < -0.39 is 0 Å². The summed E-state index contributed by atoms with van der Waals surface area (Å²) < 4.78 is 1.22. The number of H-pyrrole nitrogens is 1. The molecule has 1 aliphatic carbocycles. The predicted molar refractivity (Wildman–Crippen MR) is 111 cm³/mol. The topological polar surface area (TPSA) is 87.2 Å². The molecule has 152 valence electrons. The molecule has 0 atom stereocenters. The van der Waals surface area contributed by atoms with Crippen LogP contribution in [0.4, 0.5) is 0 Å². The molecule has 1 fully saturated rings. The van der Waals surface area contributed by atoms with Gasteiger partial charge in [-0.05, 0) is 45.0 Å². The van der Waals surface area contributed by atoms with E-state index in [1.54, 1.807) is 24.3 Å². The number of aryl methyl sites for hydroxylation is 1. The lowest BCUT2D eigenvalue weighted by molar-refractivity contribution is -0.121. The fourth-order valence-corrected chi connectivity index (χ4v) is 3.97. The van der Waals surface area contributed by atoms with Gasteiger partial charge in [-0.1, -0.05) is 31.4 Å². The van der Waals surface area contributed by atoms with Gasteiger partial charge in [-0.25, -0.2) is 4.68 Å². The molecule has 1 heterocycles. The number of rotatable bonds is 8. The van der Waals surface area contributed by atoms with Gasteiger partial charge in [-0.3, -0.25) is 19.5 Å². The van der Waals surface area contributed by atoms with Gasteiger partial charge in [-0.15, -0.1) is 0 Å². The molecule has 0 radical (unpaired) electrons. The molecule has 0 unspecified atom stereocenters. The molecule has 28 heavy (non-hydrogen) atoms. The Balaban J connectivity index is 1.43. The van der Waals surface area contributed by atoms with Crippen molar-refractivity contribution < 1.29 is 4.79 Å². The van der Waals surface area contributed by atoms with Crippen LogP contribution < -0.4 is 16.4 Å². The van der Waals surface area contributed by atoms with Crippen LogP contribution in [0.2, 0.25) is 0 Å².